The molecule has 4 rings (SSSR count). The molecule has 3 N–H and O–H groups in total. The smallest absolute Gasteiger partial charge is 0.193 e. The fraction of sp³-hybridized carbons (Fsp3) is 0.727. The van der Waals surface area contributed by atoms with Crippen molar-refractivity contribution < 1.29 is 29.3 Å². The number of hydrogen-bond acceptors (Lipinski definition) is 5. The van der Waals surface area contributed by atoms with E-state index in [9.17, 15) is 24.9 Å². The van der Waals surface area contributed by atoms with E-state index in [4.69, 9.17) is 0 Å². The normalized spacial score (nSPS) is 52.5. The van der Waals surface area contributed by atoms with Crippen LogP contribution in [0.2, 0.25) is 0 Å². The van der Waals surface area contributed by atoms with Crippen LogP contribution in [0, 0.1) is 28.6 Å². The highest BCUT2D eigenvalue weighted by molar-refractivity contribution is 6.01. The van der Waals surface area contributed by atoms with Crippen LogP contribution in [0.25, 0.3) is 0 Å². The molecule has 0 bridgehead atoms. The molecule has 154 valence electrons. The molecule has 0 aliphatic heterocycles. The Morgan fingerprint density at radius 3 is 2.61 bits per heavy atom. The highest BCUT2D eigenvalue weighted by Crippen LogP contribution is 2.69. The number of allylic oxidation sites excluding steroid dienone is 4. The average Bonchev–Trinajstić information content (AvgIpc) is 2.78. The van der Waals surface area contributed by atoms with Gasteiger partial charge >= 0.3 is 0 Å². The van der Waals surface area contributed by atoms with Crippen molar-refractivity contribution in [1.29, 1.82) is 0 Å². The molecule has 0 aromatic carbocycles. The lowest BCUT2D eigenvalue weighted by Gasteiger charge is -2.59. The summed E-state index contributed by atoms with van der Waals surface area (Å²) >= 11 is 0. The molecule has 0 amide bonds. The van der Waals surface area contributed by atoms with E-state index >= 15 is 4.39 Å². The lowest BCUT2D eigenvalue weighted by molar-refractivity contribution is -0.195. The van der Waals surface area contributed by atoms with Crippen molar-refractivity contribution in [3.63, 3.8) is 0 Å². The zero-order chi connectivity index (χ0) is 20.7. The van der Waals surface area contributed by atoms with Crippen LogP contribution in [0.1, 0.15) is 46.5 Å². The van der Waals surface area contributed by atoms with Crippen molar-refractivity contribution >= 4 is 11.6 Å². The number of fused-ring (bicyclic) bond motifs is 5. The molecule has 0 aromatic rings. The van der Waals surface area contributed by atoms with Gasteiger partial charge in [-0.2, -0.15) is 0 Å². The van der Waals surface area contributed by atoms with Crippen LogP contribution >= 0.6 is 0 Å². The molecule has 4 aliphatic rings. The maximum atomic E-state index is 15.7. The number of hydrogen-bond donors (Lipinski definition) is 3. The molecule has 5 nitrogen and oxygen atoms in total. The molecule has 28 heavy (non-hydrogen) atoms. The van der Waals surface area contributed by atoms with E-state index in [0.717, 1.165) is 5.57 Å². The highest BCUT2D eigenvalue weighted by atomic mass is 19.1. The van der Waals surface area contributed by atoms with Gasteiger partial charge in [0.25, 0.3) is 0 Å². The molecule has 0 saturated heterocycles. The minimum Gasteiger partial charge on any atom is -0.393 e. The molecule has 1 unspecified atom stereocenters. The largest absolute Gasteiger partial charge is 0.393 e. The van der Waals surface area contributed by atoms with Crippen LogP contribution < -0.4 is 0 Å². The number of rotatable bonds is 2. The zero-order valence-electron chi connectivity index (χ0n) is 16.6. The summed E-state index contributed by atoms with van der Waals surface area (Å²) in [6, 6.07) is 0. The van der Waals surface area contributed by atoms with Crippen LogP contribution in [0.4, 0.5) is 4.39 Å². The van der Waals surface area contributed by atoms with Crippen LogP contribution in [0.15, 0.2) is 23.8 Å². The summed E-state index contributed by atoms with van der Waals surface area (Å²) in [7, 11) is 0. The van der Waals surface area contributed by atoms with E-state index in [1.54, 1.807) is 13.0 Å². The fourth-order valence-electron chi connectivity index (χ4n) is 7.34. The number of carbonyl (C=O) groups is 2. The molecule has 0 aromatic heterocycles. The van der Waals surface area contributed by atoms with Crippen molar-refractivity contribution in [1.82, 2.24) is 0 Å². The van der Waals surface area contributed by atoms with Crippen molar-refractivity contribution in [2.24, 2.45) is 28.6 Å². The second-order valence-electron chi connectivity index (χ2n) is 9.90. The predicted molar refractivity (Wildman–Crippen MR) is 99.9 cm³/mol. The van der Waals surface area contributed by atoms with E-state index in [1.165, 1.54) is 13.0 Å². The quantitative estimate of drug-likeness (QED) is 0.667. The Morgan fingerprint density at radius 2 is 1.96 bits per heavy atom. The Morgan fingerprint density at radius 1 is 1.29 bits per heavy atom. The molecule has 3 fully saturated rings. The molecule has 3 saturated carbocycles. The summed E-state index contributed by atoms with van der Waals surface area (Å²) in [6.45, 7) is 4.00. The molecular weight excluding hydrogens is 363 g/mol. The molecule has 0 radical (unpaired) electrons. The second kappa shape index (κ2) is 5.83. The number of ketones is 2. The number of Topliss-reactive ketones (excluding diaryl/α,β-unsaturated/α-hetero) is 1. The Kier molecular flexibility index (Phi) is 4.15. The molecule has 4 aliphatic carbocycles. The third-order valence-electron chi connectivity index (χ3n) is 8.62. The third kappa shape index (κ3) is 2.17. The molecule has 8 atom stereocenters. The van der Waals surface area contributed by atoms with Gasteiger partial charge < -0.3 is 15.3 Å². The van der Waals surface area contributed by atoms with Crippen LogP contribution in [-0.4, -0.2) is 50.9 Å². The van der Waals surface area contributed by atoms with E-state index in [0.29, 0.717) is 12.8 Å². The second-order valence-corrected chi connectivity index (χ2v) is 9.90. The monoisotopic (exact) mass is 392 g/mol. The van der Waals surface area contributed by atoms with Crippen LogP contribution in [0.3, 0.4) is 0 Å². The van der Waals surface area contributed by atoms with Crippen molar-refractivity contribution in [3.05, 3.63) is 23.8 Å². The minimum atomic E-state index is -2.33. The SMILES string of the molecule is C[C@]12C=CC(=O)C=C1CC[C@@H]1[C@@H]2C(O)C[C@@]2(C)[C@H]1C[C@](C)(F)[C@]2(O)C(=O)CO. The van der Waals surface area contributed by atoms with Crippen molar-refractivity contribution in [2.45, 2.75) is 63.8 Å². The molecular formula is C22H29FO5. The zero-order valence-corrected chi connectivity index (χ0v) is 16.6. The summed E-state index contributed by atoms with van der Waals surface area (Å²) in [4.78, 5) is 24.4. The van der Waals surface area contributed by atoms with E-state index in [2.05, 4.69) is 0 Å². The number of aliphatic hydroxyl groups is 3. The Hall–Kier alpha value is -1.37. The Bertz CT molecular complexity index is 801. The summed E-state index contributed by atoms with van der Waals surface area (Å²) in [5, 5.41) is 31.9. The molecule has 6 heteroatoms. The van der Waals surface area contributed by atoms with Gasteiger partial charge in [-0.25, -0.2) is 4.39 Å². The first-order valence-corrected chi connectivity index (χ1v) is 10.1. The number of alkyl halides is 1. The van der Waals surface area contributed by atoms with Gasteiger partial charge in [-0.1, -0.05) is 25.5 Å². The lowest BCUT2D eigenvalue weighted by Crippen LogP contribution is -2.65. The number of halogens is 1. The summed E-state index contributed by atoms with van der Waals surface area (Å²) in [5.41, 5.74) is -5.18. The van der Waals surface area contributed by atoms with Gasteiger partial charge in [0.2, 0.25) is 0 Å². The van der Waals surface area contributed by atoms with E-state index in [1.807, 2.05) is 13.0 Å². The first-order chi connectivity index (χ1) is 12.9. The van der Waals surface area contributed by atoms with Gasteiger partial charge in [0, 0.05) is 16.7 Å². The molecule has 0 heterocycles. The van der Waals surface area contributed by atoms with Crippen molar-refractivity contribution in [3.8, 4) is 0 Å². The van der Waals surface area contributed by atoms with Gasteiger partial charge in [0.05, 0.1) is 6.10 Å². The standard InChI is InChI=1S/C22H29FO5/c1-19-7-6-13(25)8-12(19)4-5-14-15-9-21(3,23)22(28,17(27)11-24)20(15,2)10-16(26)18(14)19/h6-8,14-16,18,24,26,28H,4-5,9-11H2,1-3H3/t14-,15-,16?,18+,19-,20-,21-,22-/m0/s1. The van der Waals surface area contributed by atoms with Crippen LogP contribution in [0.5, 0.6) is 0 Å². The topological polar surface area (TPSA) is 94.8 Å². The van der Waals surface area contributed by atoms with Gasteiger partial charge in [-0.3, -0.25) is 9.59 Å². The fourth-order valence-corrected chi connectivity index (χ4v) is 7.34. The van der Waals surface area contributed by atoms with Crippen LogP contribution in [-0.2, 0) is 9.59 Å². The van der Waals surface area contributed by atoms with E-state index in [-0.39, 0.29) is 36.4 Å². The summed E-state index contributed by atoms with van der Waals surface area (Å²) in [6.07, 6.45) is 5.61. The van der Waals surface area contributed by atoms with Crippen molar-refractivity contribution in [2.75, 3.05) is 6.61 Å². The van der Waals surface area contributed by atoms with E-state index < -0.39 is 40.6 Å². The van der Waals surface area contributed by atoms with Gasteiger partial charge in [0.15, 0.2) is 17.2 Å². The maximum absolute atomic E-state index is 15.7. The van der Waals surface area contributed by atoms with Gasteiger partial charge in [-0.15, -0.1) is 0 Å². The maximum Gasteiger partial charge on any atom is 0.193 e. The Balaban J connectivity index is 1.81. The summed E-state index contributed by atoms with van der Waals surface area (Å²) < 4.78 is 15.7. The Labute approximate surface area is 164 Å². The van der Waals surface area contributed by atoms with Gasteiger partial charge in [-0.05, 0) is 56.6 Å². The minimum absolute atomic E-state index is 0.0113. The van der Waals surface area contributed by atoms with Gasteiger partial charge in [0.1, 0.15) is 12.3 Å². The number of carbonyl (C=O) groups excluding carboxylic acids is 2. The highest BCUT2D eigenvalue weighted by Gasteiger charge is 2.75. The molecule has 0 spiro atoms. The third-order valence-corrected chi connectivity index (χ3v) is 8.62. The number of aliphatic hydroxyl groups excluding tert-OH is 2. The lowest BCUT2D eigenvalue weighted by atomic mass is 9.46. The first kappa shape index (κ1) is 19.9. The first-order valence-electron chi connectivity index (χ1n) is 10.1. The summed E-state index contributed by atoms with van der Waals surface area (Å²) in [5.74, 6) is -1.58. The average molecular weight is 392 g/mol. The predicted octanol–water partition coefficient (Wildman–Crippen LogP) is 1.90.